The zero-order valence-electron chi connectivity index (χ0n) is 6.96. The maximum Gasteiger partial charge on any atom is 0.327 e. The minimum absolute atomic E-state index is 0.264. The monoisotopic (exact) mass is 202 g/mol. The Kier molecular flexibility index (Phi) is 3.03. The third-order valence-corrected chi connectivity index (χ3v) is 2.37. The summed E-state index contributed by atoms with van der Waals surface area (Å²) in [5.74, 6) is -3.36. The van der Waals surface area contributed by atoms with Crippen LogP contribution in [0.15, 0.2) is 29.2 Å². The van der Waals surface area contributed by atoms with Crippen LogP contribution in [0, 0.1) is 0 Å². The largest absolute Gasteiger partial charge is 0.327 e. The van der Waals surface area contributed by atoms with E-state index in [0.29, 0.717) is 0 Å². The van der Waals surface area contributed by atoms with Crippen LogP contribution in [0.1, 0.15) is 5.56 Å². The van der Waals surface area contributed by atoms with Gasteiger partial charge in [0.2, 0.25) is 0 Å². The lowest BCUT2D eigenvalue weighted by molar-refractivity contribution is -0.130. The molecule has 0 bridgehead atoms. The van der Waals surface area contributed by atoms with Crippen molar-refractivity contribution in [1.29, 1.82) is 0 Å². The molecule has 0 radical (unpaired) electrons. The van der Waals surface area contributed by atoms with E-state index in [9.17, 15) is 13.6 Å². The normalized spacial score (nSPS) is 11.3. The summed E-state index contributed by atoms with van der Waals surface area (Å²) in [6.07, 6.45) is 1.51. The van der Waals surface area contributed by atoms with Gasteiger partial charge in [-0.15, -0.1) is 11.8 Å². The molecular formula is C9H8F2OS. The molecule has 1 aromatic carbocycles. The highest BCUT2D eigenvalue weighted by Crippen LogP contribution is 2.26. The van der Waals surface area contributed by atoms with Gasteiger partial charge in [0.25, 0.3) is 0 Å². The summed E-state index contributed by atoms with van der Waals surface area (Å²) in [5.41, 5.74) is -0.264. The first kappa shape index (κ1) is 10.2. The van der Waals surface area contributed by atoms with Crippen molar-refractivity contribution in [3.05, 3.63) is 29.8 Å². The minimum Gasteiger partial charge on any atom is -0.296 e. The Bertz CT molecular complexity index is 295. The summed E-state index contributed by atoms with van der Waals surface area (Å²) in [7, 11) is 0. The number of carbonyl (C=O) groups is 1. The van der Waals surface area contributed by atoms with Crippen LogP contribution in [0.3, 0.4) is 0 Å². The number of aldehydes is 1. The van der Waals surface area contributed by atoms with E-state index in [0.717, 1.165) is 4.90 Å². The van der Waals surface area contributed by atoms with Gasteiger partial charge in [0.15, 0.2) is 6.29 Å². The predicted molar refractivity (Wildman–Crippen MR) is 48.2 cm³/mol. The Balaban J connectivity index is 2.98. The van der Waals surface area contributed by atoms with Crippen molar-refractivity contribution in [2.75, 3.05) is 6.26 Å². The number of rotatable bonds is 3. The molecule has 0 saturated carbocycles. The second kappa shape index (κ2) is 3.87. The SMILES string of the molecule is CSc1ccc(C(F)(F)C=O)cc1. The minimum atomic E-state index is -3.36. The van der Waals surface area contributed by atoms with Gasteiger partial charge >= 0.3 is 5.92 Å². The van der Waals surface area contributed by atoms with E-state index in [4.69, 9.17) is 0 Å². The summed E-state index contributed by atoms with van der Waals surface area (Å²) in [6.45, 7) is 0. The van der Waals surface area contributed by atoms with Crippen molar-refractivity contribution >= 4 is 18.0 Å². The molecule has 1 nitrogen and oxygen atoms in total. The third kappa shape index (κ3) is 2.28. The van der Waals surface area contributed by atoms with Crippen LogP contribution in [0.2, 0.25) is 0 Å². The van der Waals surface area contributed by atoms with Gasteiger partial charge in [-0.1, -0.05) is 12.1 Å². The molecule has 4 heteroatoms. The summed E-state index contributed by atoms with van der Waals surface area (Å²) >= 11 is 1.46. The number of benzene rings is 1. The first-order valence-electron chi connectivity index (χ1n) is 3.59. The second-order valence-corrected chi connectivity index (χ2v) is 3.35. The van der Waals surface area contributed by atoms with Gasteiger partial charge in [0.05, 0.1) is 0 Å². The molecule has 0 amide bonds. The van der Waals surface area contributed by atoms with Crippen molar-refractivity contribution in [3.8, 4) is 0 Å². The van der Waals surface area contributed by atoms with Gasteiger partial charge in [-0.25, -0.2) is 0 Å². The quantitative estimate of drug-likeness (QED) is 0.553. The Labute approximate surface area is 79.1 Å². The van der Waals surface area contributed by atoms with Crippen LogP contribution in [0.5, 0.6) is 0 Å². The molecule has 70 valence electrons. The predicted octanol–water partition coefficient (Wildman–Crippen LogP) is 2.70. The number of halogens is 2. The van der Waals surface area contributed by atoms with Crippen molar-refractivity contribution < 1.29 is 13.6 Å². The van der Waals surface area contributed by atoms with E-state index in [1.807, 2.05) is 6.26 Å². The molecule has 0 N–H and O–H groups in total. The lowest BCUT2D eigenvalue weighted by Crippen LogP contribution is -2.14. The molecular weight excluding hydrogens is 194 g/mol. The van der Waals surface area contributed by atoms with Crippen LogP contribution < -0.4 is 0 Å². The Morgan fingerprint density at radius 3 is 2.23 bits per heavy atom. The van der Waals surface area contributed by atoms with E-state index >= 15 is 0 Å². The van der Waals surface area contributed by atoms with Crippen LogP contribution in [0.25, 0.3) is 0 Å². The Morgan fingerprint density at radius 1 is 1.31 bits per heavy atom. The van der Waals surface area contributed by atoms with Gasteiger partial charge in [-0.2, -0.15) is 8.78 Å². The molecule has 0 aliphatic heterocycles. The molecule has 0 heterocycles. The standard InChI is InChI=1S/C9H8F2OS/c1-13-8-4-2-7(3-5-8)9(10,11)6-12/h2-6H,1H3. The Hall–Kier alpha value is -0.900. The van der Waals surface area contributed by atoms with Crippen molar-refractivity contribution in [2.24, 2.45) is 0 Å². The van der Waals surface area contributed by atoms with Gasteiger partial charge in [-0.05, 0) is 18.4 Å². The smallest absolute Gasteiger partial charge is 0.296 e. The van der Waals surface area contributed by atoms with E-state index < -0.39 is 5.92 Å². The molecule has 0 atom stereocenters. The third-order valence-electron chi connectivity index (χ3n) is 1.62. The fourth-order valence-electron chi connectivity index (χ4n) is 0.881. The second-order valence-electron chi connectivity index (χ2n) is 2.47. The first-order chi connectivity index (χ1) is 6.10. The highest BCUT2D eigenvalue weighted by atomic mass is 32.2. The number of hydrogen-bond acceptors (Lipinski definition) is 2. The van der Waals surface area contributed by atoms with E-state index in [-0.39, 0.29) is 11.8 Å². The zero-order chi connectivity index (χ0) is 9.90. The van der Waals surface area contributed by atoms with Crippen molar-refractivity contribution in [3.63, 3.8) is 0 Å². The van der Waals surface area contributed by atoms with Gasteiger partial charge in [0.1, 0.15) is 0 Å². The average molecular weight is 202 g/mol. The average Bonchev–Trinajstić information content (AvgIpc) is 2.18. The number of thioether (sulfide) groups is 1. The molecule has 0 saturated heterocycles. The highest BCUT2D eigenvalue weighted by Gasteiger charge is 2.30. The Morgan fingerprint density at radius 2 is 1.85 bits per heavy atom. The molecule has 1 rings (SSSR count). The summed E-state index contributed by atoms with van der Waals surface area (Å²) in [4.78, 5) is 10.9. The lowest BCUT2D eigenvalue weighted by Gasteiger charge is -2.08. The van der Waals surface area contributed by atoms with Gasteiger partial charge in [-0.3, -0.25) is 4.79 Å². The van der Waals surface area contributed by atoms with Gasteiger partial charge < -0.3 is 0 Å². The van der Waals surface area contributed by atoms with E-state index in [2.05, 4.69) is 0 Å². The molecule has 0 spiro atoms. The van der Waals surface area contributed by atoms with Crippen LogP contribution >= 0.6 is 11.8 Å². The fourth-order valence-corrected chi connectivity index (χ4v) is 1.29. The van der Waals surface area contributed by atoms with Gasteiger partial charge in [0, 0.05) is 10.5 Å². The molecule has 0 aromatic heterocycles. The summed E-state index contributed by atoms with van der Waals surface area (Å²) in [5, 5.41) is 0. The maximum atomic E-state index is 12.7. The highest BCUT2D eigenvalue weighted by molar-refractivity contribution is 7.98. The summed E-state index contributed by atoms with van der Waals surface area (Å²) in [6, 6.07) is 5.66. The number of hydrogen-bond donors (Lipinski definition) is 0. The summed E-state index contributed by atoms with van der Waals surface area (Å²) < 4.78 is 25.5. The molecule has 1 aromatic rings. The first-order valence-corrected chi connectivity index (χ1v) is 4.81. The van der Waals surface area contributed by atoms with E-state index in [1.54, 1.807) is 12.1 Å². The topological polar surface area (TPSA) is 17.1 Å². The maximum absolute atomic E-state index is 12.7. The van der Waals surface area contributed by atoms with Crippen LogP contribution in [-0.2, 0) is 10.7 Å². The zero-order valence-corrected chi connectivity index (χ0v) is 7.78. The molecule has 0 aliphatic rings. The number of carbonyl (C=O) groups excluding carboxylic acids is 1. The fraction of sp³-hybridized carbons (Fsp3) is 0.222. The molecule has 13 heavy (non-hydrogen) atoms. The van der Waals surface area contributed by atoms with Crippen molar-refractivity contribution in [2.45, 2.75) is 10.8 Å². The number of alkyl halides is 2. The van der Waals surface area contributed by atoms with Crippen LogP contribution in [-0.4, -0.2) is 12.5 Å². The molecule has 0 aliphatic carbocycles. The van der Waals surface area contributed by atoms with Crippen molar-refractivity contribution in [1.82, 2.24) is 0 Å². The molecule has 0 unspecified atom stereocenters. The van der Waals surface area contributed by atoms with E-state index in [1.165, 1.54) is 23.9 Å². The lowest BCUT2D eigenvalue weighted by atomic mass is 10.1. The molecule has 0 fully saturated rings. The van der Waals surface area contributed by atoms with Crippen LogP contribution in [0.4, 0.5) is 8.78 Å².